The molecule has 1 saturated carbocycles. The molecule has 2 aromatic rings. The van der Waals surface area contributed by atoms with Crippen LogP contribution in [0.3, 0.4) is 0 Å². The average Bonchev–Trinajstić information content (AvgIpc) is 2.77. The van der Waals surface area contributed by atoms with Gasteiger partial charge in [0.15, 0.2) is 6.61 Å². The molecule has 3 rings (SSSR count). The van der Waals surface area contributed by atoms with Crippen molar-refractivity contribution < 1.29 is 14.3 Å². The number of anilines is 1. The lowest BCUT2D eigenvalue weighted by Gasteiger charge is -2.38. The van der Waals surface area contributed by atoms with Gasteiger partial charge in [0.1, 0.15) is 5.75 Å². The van der Waals surface area contributed by atoms with Gasteiger partial charge in [0, 0.05) is 30.7 Å². The van der Waals surface area contributed by atoms with Gasteiger partial charge in [-0.05, 0) is 54.9 Å². The molecule has 6 nitrogen and oxygen atoms in total. The molecule has 0 radical (unpaired) electrons. The first-order chi connectivity index (χ1) is 15.7. The maximum Gasteiger partial charge on any atom is 0.262 e. The molecule has 0 aliphatic heterocycles. The van der Waals surface area contributed by atoms with Crippen molar-refractivity contribution in [3.05, 3.63) is 60.2 Å². The van der Waals surface area contributed by atoms with Crippen LogP contribution in [0.2, 0.25) is 0 Å². The van der Waals surface area contributed by atoms with E-state index in [0.29, 0.717) is 24.4 Å². The largest absolute Gasteiger partial charge is 0.484 e. The minimum atomic E-state index is -0.234. The van der Waals surface area contributed by atoms with Gasteiger partial charge in [-0.15, -0.1) is 0 Å². The van der Waals surface area contributed by atoms with Crippen LogP contribution in [-0.2, 0) is 16.1 Å². The average molecular weight is 452 g/mol. The standard InChI is InChI=1S/C27H37N3O3/c1-27(2,3)17-26(32)30(22-15-13-21(28)14-16-22)18-20-9-7-8-12-24(20)29-25(31)19-33-23-10-5-4-6-11-23/h4-12,21-22H,13-19,28H2,1-3H3,(H,29,31). The highest BCUT2D eigenvalue weighted by Gasteiger charge is 2.30. The number of hydrogen-bond donors (Lipinski definition) is 2. The van der Waals surface area contributed by atoms with Gasteiger partial charge in [-0.2, -0.15) is 0 Å². The van der Waals surface area contributed by atoms with E-state index in [9.17, 15) is 9.59 Å². The second-order valence-corrected chi connectivity index (χ2v) is 10.1. The summed E-state index contributed by atoms with van der Waals surface area (Å²) in [4.78, 5) is 27.9. The SMILES string of the molecule is CC(C)(C)CC(=O)N(Cc1ccccc1NC(=O)COc1ccccc1)C1CCC(N)CC1. The van der Waals surface area contributed by atoms with Crippen molar-refractivity contribution in [2.24, 2.45) is 11.1 Å². The molecule has 3 N–H and O–H groups in total. The van der Waals surface area contributed by atoms with Crippen LogP contribution in [0, 0.1) is 5.41 Å². The van der Waals surface area contributed by atoms with Crippen LogP contribution in [-0.4, -0.2) is 35.4 Å². The van der Waals surface area contributed by atoms with Gasteiger partial charge in [0.05, 0.1) is 0 Å². The molecule has 0 heterocycles. The summed E-state index contributed by atoms with van der Waals surface area (Å²) in [6.07, 6.45) is 4.17. The summed E-state index contributed by atoms with van der Waals surface area (Å²) < 4.78 is 5.57. The second-order valence-electron chi connectivity index (χ2n) is 10.1. The fourth-order valence-corrected chi connectivity index (χ4v) is 4.20. The molecule has 0 bridgehead atoms. The van der Waals surface area contributed by atoms with Crippen LogP contribution < -0.4 is 15.8 Å². The number of nitrogens with two attached hydrogens (primary N) is 1. The minimum absolute atomic E-state index is 0.0778. The predicted molar refractivity (Wildman–Crippen MR) is 132 cm³/mol. The Kier molecular flexibility index (Phi) is 8.50. The van der Waals surface area contributed by atoms with Gasteiger partial charge in [-0.3, -0.25) is 9.59 Å². The first kappa shape index (κ1) is 24.8. The van der Waals surface area contributed by atoms with Gasteiger partial charge >= 0.3 is 0 Å². The molecule has 178 valence electrons. The van der Waals surface area contributed by atoms with E-state index >= 15 is 0 Å². The van der Waals surface area contributed by atoms with E-state index in [-0.39, 0.29) is 35.9 Å². The van der Waals surface area contributed by atoms with Crippen LogP contribution in [0.4, 0.5) is 5.69 Å². The number of carbonyl (C=O) groups is 2. The quantitative estimate of drug-likeness (QED) is 0.607. The Balaban J connectivity index is 1.71. The number of rotatable bonds is 8. The number of nitrogens with zero attached hydrogens (tertiary/aromatic N) is 1. The van der Waals surface area contributed by atoms with E-state index in [4.69, 9.17) is 10.5 Å². The number of benzene rings is 2. The third-order valence-corrected chi connectivity index (χ3v) is 5.93. The van der Waals surface area contributed by atoms with Crippen LogP contribution in [0.5, 0.6) is 5.75 Å². The fourth-order valence-electron chi connectivity index (χ4n) is 4.20. The lowest BCUT2D eigenvalue weighted by atomic mass is 9.88. The third-order valence-electron chi connectivity index (χ3n) is 5.93. The van der Waals surface area contributed by atoms with Crippen LogP contribution in [0.1, 0.15) is 58.4 Å². The number of carbonyl (C=O) groups excluding carboxylic acids is 2. The lowest BCUT2D eigenvalue weighted by Crippen LogP contribution is -2.44. The molecule has 0 unspecified atom stereocenters. The summed E-state index contributed by atoms with van der Waals surface area (Å²) in [5.74, 6) is 0.564. The summed E-state index contributed by atoms with van der Waals surface area (Å²) in [5.41, 5.74) is 7.65. The Labute approximate surface area is 197 Å². The monoisotopic (exact) mass is 451 g/mol. The number of ether oxygens (including phenoxy) is 1. The topological polar surface area (TPSA) is 84.7 Å². The van der Waals surface area contributed by atoms with Crippen molar-refractivity contribution in [1.29, 1.82) is 0 Å². The normalized spacial score (nSPS) is 18.4. The number of para-hydroxylation sites is 2. The van der Waals surface area contributed by atoms with Gasteiger partial charge in [0.2, 0.25) is 5.91 Å². The summed E-state index contributed by atoms with van der Waals surface area (Å²) in [6.45, 7) is 6.64. The number of amides is 2. The second kappa shape index (κ2) is 11.3. The van der Waals surface area contributed by atoms with Crippen molar-refractivity contribution in [3.8, 4) is 5.75 Å². The highest BCUT2D eigenvalue weighted by atomic mass is 16.5. The molecule has 2 amide bonds. The van der Waals surface area contributed by atoms with Crippen molar-refractivity contribution in [2.45, 2.75) is 71.5 Å². The molecule has 1 aliphatic rings. The van der Waals surface area contributed by atoms with Gasteiger partial charge in [0.25, 0.3) is 5.91 Å². The van der Waals surface area contributed by atoms with E-state index in [1.54, 1.807) is 0 Å². The van der Waals surface area contributed by atoms with E-state index in [0.717, 1.165) is 31.2 Å². The Morgan fingerprint density at radius 1 is 1.00 bits per heavy atom. The zero-order chi connectivity index (χ0) is 23.8. The molecule has 6 heteroatoms. The molecule has 0 saturated heterocycles. The number of nitrogens with one attached hydrogen (secondary N) is 1. The first-order valence-electron chi connectivity index (χ1n) is 11.8. The maximum atomic E-state index is 13.3. The number of hydrogen-bond acceptors (Lipinski definition) is 4. The summed E-state index contributed by atoms with van der Waals surface area (Å²) in [6, 6.07) is 17.3. The van der Waals surface area contributed by atoms with E-state index in [2.05, 4.69) is 26.1 Å². The molecule has 0 atom stereocenters. The van der Waals surface area contributed by atoms with E-state index < -0.39 is 0 Å². The highest BCUT2D eigenvalue weighted by molar-refractivity contribution is 5.92. The van der Waals surface area contributed by atoms with Crippen LogP contribution in [0.25, 0.3) is 0 Å². The van der Waals surface area contributed by atoms with Gasteiger partial charge in [-0.1, -0.05) is 57.2 Å². The van der Waals surface area contributed by atoms with Crippen molar-refractivity contribution in [1.82, 2.24) is 4.90 Å². The Morgan fingerprint density at radius 3 is 2.30 bits per heavy atom. The third kappa shape index (κ3) is 7.90. The van der Waals surface area contributed by atoms with Gasteiger partial charge in [-0.25, -0.2) is 0 Å². The minimum Gasteiger partial charge on any atom is -0.484 e. The molecule has 2 aromatic carbocycles. The zero-order valence-corrected chi connectivity index (χ0v) is 20.0. The maximum absolute atomic E-state index is 13.3. The molecule has 33 heavy (non-hydrogen) atoms. The van der Waals surface area contributed by atoms with E-state index in [1.807, 2.05) is 59.5 Å². The van der Waals surface area contributed by atoms with Crippen molar-refractivity contribution >= 4 is 17.5 Å². The summed E-state index contributed by atoms with van der Waals surface area (Å²) in [5, 5.41) is 2.96. The summed E-state index contributed by atoms with van der Waals surface area (Å²) >= 11 is 0. The Hall–Kier alpha value is -2.86. The van der Waals surface area contributed by atoms with Gasteiger partial charge < -0.3 is 20.7 Å². The van der Waals surface area contributed by atoms with E-state index in [1.165, 1.54) is 0 Å². The molecule has 1 fully saturated rings. The van der Waals surface area contributed by atoms with Crippen molar-refractivity contribution in [2.75, 3.05) is 11.9 Å². The lowest BCUT2D eigenvalue weighted by molar-refractivity contribution is -0.137. The molecular weight excluding hydrogens is 414 g/mol. The highest BCUT2D eigenvalue weighted by Crippen LogP contribution is 2.29. The van der Waals surface area contributed by atoms with Crippen LogP contribution in [0.15, 0.2) is 54.6 Å². The predicted octanol–water partition coefficient (Wildman–Crippen LogP) is 4.74. The smallest absolute Gasteiger partial charge is 0.262 e. The Bertz CT molecular complexity index is 916. The first-order valence-corrected chi connectivity index (χ1v) is 11.8. The Morgan fingerprint density at radius 2 is 1.64 bits per heavy atom. The van der Waals surface area contributed by atoms with Crippen LogP contribution >= 0.6 is 0 Å². The molecular formula is C27H37N3O3. The van der Waals surface area contributed by atoms with Crippen molar-refractivity contribution in [3.63, 3.8) is 0 Å². The fraction of sp³-hybridized carbons (Fsp3) is 0.481. The molecule has 0 aromatic heterocycles. The molecule has 1 aliphatic carbocycles. The molecule has 0 spiro atoms. The zero-order valence-electron chi connectivity index (χ0n) is 20.0. The summed E-state index contributed by atoms with van der Waals surface area (Å²) in [7, 11) is 0.